The van der Waals surface area contributed by atoms with Crippen molar-refractivity contribution in [1.29, 1.82) is 0 Å². The second-order valence-corrected chi connectivity index (χ2v) is 8.60. The first-order valence-corrected chi connectivity index (χ1v) is 13.0. The maximum atomic E-state index is 6.32. The molecule has 2 saturated heterocycles. The summed E-state index contributed by atoms with van der Waals surface area (Å²) >= 11 is 0. The van der Waals surface area contributed by atoms with E-state index in [1.807, 2.05) is 0 Å². The van der Waals surface area contributed by atoms with E-state index in [0.29, 0.717) is 0 Å². The summed E-state index contributed by atoms with van der Waals surface area (Å²) in [7, 11) is 0. The van der Waals surface area contributed by atoms with Gasteiger partial charge >= 0.3 is 0 Å². The van der Waals surface area contributed by atoms with Crippen molar-refractivity contribution in [3.05, 3.63) is 103 Å². The molecule has 41 heavy (non-hydrogen) atoms. The Balaban J connectivity index is 2.30. The van der Waals surface area contributed by atoms with Crippen LogP contribution < -0.4 is 0 Å². The smallest absolute Gasteiger partial charge is 0.240 e. The number of ether oxygens (including phenoxy) is 11. The zero-order valence-electron chi connectivity index (χ0n) is 23.4. The van der Waals surface area contributed by atoms with E-state index < -0.39 is 61.0 Å². The predicted molar refractivity (Wildman–Crippen MR) is 151 cm³/mol. The molecule has 0 aromatic rings. The third kappa shape index (κ3) is 9.10. The Bertz CT molecular complexity index is 861. The van der Waals surface area contributed by atoms with Crippen LogP contribution in [0, 0.1) is 5.92 Å². The molecule has 0 aromatic heterocycles. The van der Waals surface area contributed by atoms with E-state index in [-0.39, 0.29) is 26.4 Å². The highest BCUT2D eigenvalue weighted by Crippen LogP contribution is 2.33. The summed E-state index contributed by atoms with van der Waals surface area (Å²) in [4.78, 5) is 0. The molecule has 0 spiro atoms. The summed E-state index contributed by atoms with van der Waals surface area (Å²) in [5, 5.41) is 0. The van der Waals surface area contributed by atoms with Gasteiger partial charge in [0.05, 0.1) is 69.2 Å². The Labute approximate surface area is 242 Å². The fourth-order valence-corrected chi connectivity index (χ4v) is 4.79. The molecular weight excluding hydrogens is 536 g/mol. The van der Waals surface area contributed by atoms with Gasteiger partial charge in [-0.15, -0.1) is 0 Å². The molecule has 10 atom stereocenters. The fraction of sp³-hybridized carbons (Fsp3) is 0.467. The van der Waals surface area contributed by atoms with E-state index in [1.165, 1.54) is 50.1 Å². The standard InChI is InChI=1S/C30H42O11/c1-9-31-18-22-21(25(34-11-3)29(38-15-7)30(41-22)39-16-8)17-33-20-24-27(36-13-5)28(37-14-6)26(35-12-4)23(40-24)19-32-10-2/h9-16,21-30H,1-8,17-20H2/t21?,22-,23?,24?,25?,26?,27?,28?,29?,30?/m1/s1. The molecule has 2 fully saturated rings. The average molecular weight is 579 g/mol. The summed E-state index contributed by atoms with van der Waals surface area (Å²) in [5.41, 5.74) is 0. The molecule has 2 aliphatic rings. The Morgan fingerprint density at radius 1 is 0.415 bits per heavy atom. The molecular formula is C30H42O11. The Morgan fingerprint density at radius 3 is 1.41 bits per heavy atom. The zero-order valence-corrected chi connectivity index (χ0v) is 23.4. The summed E-state index contributed by atoms with van der Waals surface area (Å²) in [6, 6.07) is 0. The normalized spacial score (nSPS) is 32.5. The molecule has 0 radical (unpaired) electrons. The number of rotatable bonds is 22. The molecule has 11 nitrogen and oxygen atoms in total. The van der Waals surface area contributed by atoms with Crippen molar-refractivity contribution in [3.8, 4) is 0 Å². The Morgan fingerprint density at radius 2 is 0.878 bits per heavy atom. The first-order valence-electron chi connectivity index (χ1n) is 13.0. The van der Waals surface area contributed by atoms with Crippen LogP contribution in [0.1, 0.15) is 0 Å². The first kappa shape index (κ1) is 33.4. The van der Waals surface area contributed by atoms with E-state index in [9.17, 15) is 0 Å². The van der Waals surface area contributed by atoms with Crippen LogP contribution >= 0.6 is 0 Å². The molecule has 9 unspecified atom stereocenters. The average Bonchev–Trinajstić information content (AvgIpc) is 2.96. The molecule has 228 valence electrons. The highest BCUT2D eigenvalue weighted by Gasteiger charge is 2.52. The van der Waals surface area contributed by atoms with Crippen LogP contribution in [0.15, 0.2) is 103 Å². The van der Waals surface area contributed by atoms with Crippen molar-refractivity contribution in [2.45, 2.75) is 55.1 Å². The van der Waals surface area contributed by atoms with Gasteiger partial charge in [-0.1, -0.05) is 52.6 Å². The van der Waals surface area contributed by atoms with E-state index >= 15 is 0 Å². The molecule has 2 rings (SSSR count). The van der Waals surface area contributed by atoms with Gasteiger partial charge in [0.15, 0.2) is 24.4 Å². The van der Waals surface area contributed by atoms with E-state index in [0.717, 1.165) is 0 Å². The van der Waals surface area contributed by atoms with Crippen LogP contribution in [0.5, 0.6) is 0 Å². The van der Waals surface area contributed by atoms with Crippen LogP contribution in [0.2, 0.25) is 0 Å². The van der Waals surface area contributed by atoms with Crippen LogP contribution in [0.4, 0.5) is 0 Å². The van der Waals surface area contributed by atoms with E-state index in [1.54, 1.807) is 0 Å². The lowest BCUT2D eigenvalue weighted by Crippen LogP contribution is -2.61. The summed E-state index contributed by atoms with van der Waals surface area (Å²) < 4.78 is 64.1. The lowest BCUT2D eigenvalue weighted by atomic mass is 9.89. The molecule has 0 aromatic carbocycles. The van der Waals surface area contributed by atoms with Crippen molar-refractivity contribution in [3.63, 3.8) is 0 Å². The van der Waals surface area contributed by atoms with Crippen molar-refractivity contribution < 1.29 is 52.1 Å². The summed E-state index contributed by atoms with van der Waals surface area (Å²) in [5.74, 6) is -0.415. The monoisotopic (exact) mass is 578 g/mol. The third-order valence-electron chi connectivity index (χ3n) is 6.38. The van der Waals surface area contributed by atoms with Gasteiger partial charge in [-0.3, -0.25) is 0 Å². The highest BCUT2D eigenvalue weighted by molar-refractivity contribution is 4.99. The molecule has 2 aliphatic heterocycles. The molecule has 0 bridgehead atoms. The Kier molecular flexibility index (Phi) is 15.1. The van der Waals surface area contributed by atoms with Gasteiger partial charge in [0.2, 0.25) is 6.29 Å². The maximum Gasteiger partial charge on any atom is 0.240 e. The molecule has 0 amide bonds. The lowest BCUT2D eigenvalue weighted by Gasteiger charge is -2.45. The molecule has 11 heteroatoms. The van der Waals surface area contributed by atoms with Gasteiger partial charge < -0.3 is 52.1 Å². The van der Waals surface area contributed by atoms with Gasteiger partial charge in [-0.05, 0) is 0 Å². The largest absolute Gasteiger partial charge is 0.499 e. The highest BCUT2D eigenvalue weighted by atomic mass is 16.7. The predicted octanol–water partition coefficient (Wildman–Crippen LogP) is 4.24. The topological polar surface area (TPSA) is 102 Å². The number of hydrogen-bond donors (Lipinski definition) is 0. The summed E-state index contributed by atoms with van der Waals surface area (Å²) in [6.07, 6.45) is 4.46. The van der Waals surface area contributed by atoms with E-state index in [4.69, 9.17) is 52.1 Å². The van der Waals surface area contributed by atoms with E-state index in [2.05, 4.69) is 52.6 Å². The quantitative estimate of drug-likeness (QED) is 0.173. The minimum atomic E-state index is -0.860. The minimum Gasteiger partial charge on any atom is -0.499 e. The minimum absolute atomic E-state index is 0.0762. The van der Waals surface area contributed by atoms with Crippen molar-refractivity contribution in [1.82, 2.24) is 0 Å². The van der Waals surface area contributed by atoms with Crippen LogP contribution in [-0.4, -0.2) is 81.5 Å². The van der Waals surface area contributed by atoms with Gasteiger partial charge in [-0.2, -0.15) is 0 Å². The van der Waals surface area contributed by atoms with Gasteiger partial charge in [-0.25, -0.2) is 0 Å². The van der Waals surface area contributed by atoms with Crippen LogP contribution in [0.25, 0.3) is 0 Å². The number of hydrogen-bond acceptors (Lipinski definition) is 11. The molecule has 0 aliphatic carbocycles. The van der Waals surface area contributed by atoms with Gasteiger partial charge in [0.25, 0.3) is 0 Å². The SMILES string of the molecule is C=COCC1OC(COCC2C(OC=C)C(OC=C)C(OC=C)O[C@@H]2COC=C)C(OC=C)C(OC=C)C1OC=C. The Hall–Kier alpha value is -3.80. The molecule has 0 N–H and O–H groups in total. The zero-order chi connectivity index (χ0) is 30.0. The second-order valence-electron chi connectivity index (χ2n) is 8.60. The molecule has 2 heterocycles. The van der Waals surface area contributed by atoms with Gasteiger partial charge in [0, 0.05) is 0 Å². The lowest BCUT2D eigenvalue weighted by molar-refractivity contribution is -0.285. The third-order valence-corrected chi connectivity index (χ3v) is 6.38. The second kappa shape index (κ2) is 18.5. The first-order chi connectivity index (χ1) is 20.0. The maximum absolute atomic E-state index is 6.32. The van der Waals surface area contributed by atoms with Crippen LogP contribution in [-0.2, 0) is 52.1 Å². The van der Waals surface area contributed by atoms with Crippen LogP contribution in [0.3, 0.4) is 0 Å². The molecule has 0 saturated carbocycles. The van der Waals surface area contributed by atoms with Crippen molar-refractivity contribution in [2.75, 3.05) is 26.4 Å². The fourth-order valence-electron chi connectivity index (χ4n) is 4.79. The van der Waals surface area contributed by atoms with Gasteiger partial charge in [0.1, 0.15) is 37.6 Å². The van der Waals surface area contributed by atoms with Crippen molar-refractivity contribution >= 4 is 0 Å². The van der Waals surface area contributed by atoms with Crippen molar-refractivity contribution in [2.24, 2.45) is 5.92 Å². The summed E-state index contributed by atoms with van der Waals surface area (Å²) in [6.45, 7) is 29.7.